The van der Waals surface area contributed by atoms with Crippen LogP contribution in [0.1, 0.15) is 6.92 Å². The van der Waals surface area contributed by atoms with Gasteiger partial charge < -0.3 is 5.32 Å². The van der Waals surface area contributed by atoms with Crippen molar-refractivity contribution in [3.05, 3.63) is 0 Å². The van der Waals surface area contributed by atoms with E-state index in [2.05, 4.69) is 5.32 Å². The summed E-state index contributed by atoms with van der Waals surface area (Å²) in [4.78, 5) is 0. The fraction of sp³-hybridized carbons (Fsp3) is 1.00. The minimum absolute atomic E-state index is 0. The molecule has 0 aliphatic heterocycles. The fourth-order valence-electron chi connectivity index (χ4n) is 0. The van der Waals surface area contributed by atoms with Gasteiger partial charge in [-0.25, -0.2) is 0 Å². The largest absolute Gasteiger partial charge is 0.323 e. The van der Waals surface area contributed by atoms with Gasteiger partial charge in [0, 0.05) is 5.88 Å². The number of halogens is 2. The van der Waals surface area contributed by atoms with Crippen molar-refractivity contribution in [2.45, 2.75) is 6.92 Å². The molecule has 0 saturated carbocycles. The van der Waals surface area contributed by atoms with Crippen LogP contribution in [0.3, 0.4) is 0 Å². The molecule has 0 amide bonds. The predicted molar refractivity (Wildman–Crippen MR) is 38.6 cm³/mol. The summed E-state index contributed by atoms with van der Waals surface area (Å²) in [5, 5.41) is 2.75. The maximum Gasteiger partial charge on any atom is 0.0195 e. The standard InChI is InChI=1S/C2H5Cl.C2H7N.ClH/c1-2-3;1-3-2;/h2H2,1H3;3H,1-2H3;1H. The molecular formula is C4H13Cl2N. The van der Waals surface area contributed by atoms with Gasteiger partial charge in [-0.05, 0) is 14.1 Å². The smallest absolute Gasteiger partial charge is 0.0195 e. The molecule has 0 heterocycles. The number of rotatable bonds is 0. The van der Waals surface area contributed by atoms with Gasteiger partial charge in [0.1, 0.15) is 0 Å². The number of alkyl halides is 1. The summed E-state index contributed by atoms with van der Waals surface area (Å²) in [5.74, 6) is 0.722. The molecule has 1 nitrogen and oxygen atoms in total. The maximum atomic E-state index is 5.00. The van der Waals surface area contributed by atoms with Gasteiger partial charge in [0.2, 0.25) is 0 Å². The molecule has 7 heavy (non-hydrogen) atoms. The number of hydrogen-bond acceptors (Lipinski definition) is 1. The van der Waals surface area contributed by atoms with Crippen molar-refractivity contribution in [1.82, 2.24) is 5.32 Å². The Labute approximate surface area is 56.8 Å². The van der Waals surface area contributed by atoms with Crippen LogP contribution in [-0.2, 0) is 0 Å². The van der Waals surface area contributed by atoms with Gasteiger partial charge >= 0.3 is 0 Å². The fourth-order valence-corrected chi connectivity index (χ4v) is 0. The van der Waals surface area contributed by atoms with Crippen LogP contribution in [0.2, 0.25) is 0 Å². The van der Waals surface area contributed by atoms with E-state index in [0.29, 0.717) is 0 Å². The lowest BCUT2D eigenvalue weighted by Gasteiger charge is -1.59. The Hall–Kier alpha value is 0.540. The highest BCUT2D eigenvalue weighted by molar-refractivity contribution is 6.17. The van der Waals surface area contributed by atoms with E-state index in [-0.39, 0.29) is 12.4 Å². The zero-order valence-corrected chi connectivity index (χ0v) is 6.57. The van der Waals surface area contributed by atoms with Crippen LogP contribution in [0.4, 0.5) is 0 Å². The molecule has 3 heteroatoms. The molecule has 0 fully saturated rings. The minimum Gasteiger partial charge on any atom is -0.323 e. The summed E-state index contributed by atoms with van der Waals surface area (Å²) in [5.41, 5.74) is 0. The zero-order valence-electron chi connectivity index (χ0n) is 4.99. The SMILES string of the molecule is CCCl.CNC.Cl. The lowest BCUT2D eigenvalue weighted by molar-refractivity contribution is 1.02. The molecule has 0 aromatic carbocycles. The average Bonchev–Trinajstić information content (AvgIpc) is 1.39. The molecule has 0 atom stereocenters. The summed E-state index contributed by atoms with van der Waals surface area (Å²) >= 11 is 5.00. The summed E-state index contributed by atoms with van der Waals surface area (Å²) in [7, 11) is 3.75. The van der Waals surface area contributed by atoms with Crippen LogP contribution in [0.25, 0.3) is 0 Å². The van der Waals surface area contributed by atoms with E-state index in [1.54, 1.807) is 0 Å². The Bertz CT molecular complexity index is 11.7. The molecule has 0 rings (SSSR count). The third-order valence-electron chi connectivity index (χ3n) is 0. The second-order valence-corrected chi connectivity index (χ2v) is 1.30. The Balaban J connectivity index is -0.0000000400. The van der Waals surface area contributed by atoms with Crippen molar-refractivity contribution < 1.29 is 0 Å². The van der Waals surface area contributed by atoms with Gasteiger partial charge in [-0.3, -0.25) is 0 Å². The van der Waals surface area contributed by atoms with Crippen LogP contribution in [0.5, 0.6) is 0 Å². The van der Waals surface area contributed by atoms with Crippen molar-refractivity contribution in [1.29, 1.82) is 0 Å². The Morgan fingerprint density at radius 2 is 1.43 bits per heavy atom. The van der Waals surface area contributed by atoms with E-state index in [1.165, 1.54) is 0 Å². The molecular weight excluding hydrogens is 133 g/mol. The summed E-state index contributed by atoms with van der Waals surface area (Å²) in [6.45, 7) is 1.89. The molecule has 0 aliphatic carbocycles. The highest BCUT2D eigenvalue weighted by Crippen LogP contribution is 1.59. The third-order valence-corrected chi connectivity index (χ3v) is 0. The molecule has 1 N–H and O–H groups in total. The first-order valence-corrected chi connectivity index (χ1v) is 2.51. The molecule has 0 saturated heterocycles. The maximum absolute atomic E-state index is 5.00. The predicted octanol–water partition coefficient (Wildman–Crippen LogP) is 1.50. The summed E-state index contributed by atoms with van der Waals surface area (Å²) in [6.07, 6.45) is 0. The first-order chi connectivity index (χ1) is 2.83. The first-order valence-electron chi connectivity index (χ1n) is 1.97. The van der Waals surface area contributed by atoms with Crippen molar-refractivity contribution in [2.75, 3.05) is 20.0 Å². The monoisotopic (exact) mass is 145 g/mol. The highest BCUT2D eigenvalue weighted by atomic mass is 35.5. The molecule has 48 valence electrons. The second kappa shape index (κ2) is 31.1. The van der Waals surface area contributed by atoms with Gasteiger partial charge in [0.25, 0.3) is 0 Å². The lowest BCUT2D eigenvalue weighted by atomic mass is 11.0. The van der Waals surface area contributed by atoms with Crippen LogP contribution in [0, 0.1) is 0 Å². The van der Waals surface area contributed by atoms with Crippen LogP contribution < -0.4 is 5.32 Å². The van der Waals surface area contributed by atoms with Gasteiger partial charge in [-0.1, -0.05) is 6.92 Å². The van der Waals surface area contributed by atoms with Crippen LogP contribution in [0.15, 0.2) is 0 Å². The molecule has 0 spiro atoms. The second-order valence-electron chi connectivity index (χ2n) is 0.767. The van der Waals surface area contributed by atoms with Crippen LogP contribution in [-0.4, -0.2) is 20.0 Å². The quantitative estimate of drug-likeness (QED) is 0.510. The molecule has 0 unspecified atom stereocenters. The Morgan fingerprint density at radius 3 is 1.43 bits per heavy atom. The van der Waals surface area contributed by atoms with Gasteiger partial charge in [0.05, 0.1) is 0 Å². The van der Waals surface area contributed by atoms with Gasteiger partial charge in [-0.15, -0.1) is 24.0 Å². The summed E-state index contributed by atoms with van der Waals surface area (Å²) in [6, 6.07) is 0. The topological polar surface area (TPSA) is 12.0 Å². The minimum atomic E-state index is 0. The molecule has 0 bridgehead atoms. The first kappa shape index (κ1) is 15.6. The Kier molecular flexibility index (Phi) is 69.5. The zero-order chi connectivity index (χ0) is 5.41. The molecule has 0 aromatic rings. The van der Waals surface area contributed by atoms with Crippen molar-refractivity contribution in [2.24, 2.45) is 0 Å². The normalized spacial score (nSPS) is 5.14. The molecule has 0 aliphatic rings. The van der Waals surface area contributed by atoms with E-state index in [4.69, 9.17) is 11.6 Å². The van der Waals surface area contributed by atoms with E-state index in [9.17, 15) is 0 Å². The number of nitrogens with one attached hydrogen (secondary N) is 1. The van der Waals surface area contributed by atoms with E-state index in [0.717, 1.165) is 5.88 Å². The van der Waals surface area contributed by atoms with E-state index < -0.39 is 0 Å². The molecule has 0 aromatic heterocycles. The molecule has 0 radical (unpaired) electrons. The third kappa shape index (κ3) is 462. The van der Waals surface area contributed by atoms with Crippen LogP contribution >= 0.6 is 24.0 Å². The highest BCUT2D eigenvalue weighted by Gasteiger charge is 1.38. The van der Waals surface area contributed by atoms with Crippen molar-refractivity contribution in [3.63, 3.8) is 0 Å². The summed E-state index contributed by atoms with van der Waals surface area (Å²) < 4.78 is 0. The lowest BCUT2D eigenvalue weighted by Crippen LogP contribution is -1.89. The average molecular weight is 146 g/mol. The van der Waals surface area contributed by atoms with E-state index >= 15 is 0 Å². The number of hydrogen-bond donors (Lipinski definition) is 1. The Morgan fingerprint density at radius 1 is 1.43 bits per heavy atom. The van der Waals surface area contributed by atoms with Gasteiger partial charge in [-0.2, -0.15) is 0 Å². The van der Waals surface area contributed by atoms with E-state index in [1.807, 2.05) is 21.0 Å². The van der Waals surface area contributed by atoms with Crippen molar-refractivity contribution in [3.8, 4) is 0 Å². The van der Waals surface area contributed by atoms with Gasteiger partial charge in [0.15, 0.2) is 0 Å². The van der Waals surface area contributed by atoms with Crippen molar-refractivity contribution >= 4 is 24.0 Å².